The van der Waals surface area contributed by atoms with Crippen LogP contribution in [0.5, 0.6) is 5.75 Å². The molecule has 0 amide bonds. The first-order chi connectivity index (χ1) is 17.8. The molecule has 0 aromatic heterocycles. The number of nitro groups is 1. The van der Waals surface area contributed by atoms with E-state index in [2.05, 4.69) is 49.3 Å². The third-order valence-corrected chi connectivity index (χ3v) is 5.99. The summed E-state index contributed by atoms with van der Waals surface area (Å²) in [5.74, 6) is -1.06. The fourth-order valence-corrected chi connectivity index (χ4v) is 4.30. The number of halogens is 1. The highest BCUT2D eigenvalue weighted by Gasteiger charge is 2.32. The summed E-state index contributed by atoms with van der Waals surface area (Å²) < 4.78 is 25.3. The van der Waals surface area contributed by atoms with E-state index in [0.29, 0.717) is 6.54 Å². The molecule has 208 valence electrons. The molecule has 38 heavy (non-hydrogen) atoms. The van der Waals surface area contributed by atoms with Crippen molar-refractivity contribution in [3.05, 3.63) is 76.1 Å². The van der Waals surface area contributed by atoms with Crippen LogP contribution in [-0.2, 0) is 9.53 Å². The number of rotatable bonds is 8. The van der Waals surface area contributed by atoms with Crippen molar-refractivity contribution in [3.63, 3.8) is 0 Å². The highest BCUT2D eigenvalue weighted by molar-refractivity contribution is 5.72. The van der Waals surface area contributed by atoms with Gasteiger partial charge < -0.3 is 9.47 Å². The Morgan fingerprint density at radius 3 is 2.26 bits per heavy atom. The Labute approximate surface area is 225 Å². The van der Waals surface area contributed by atoms with Crippen molar-refractivity contribution in [2.45, 2.75) is 59.2 Å². The Morgan fingerprint density at radius 2 is 1.79 bits per heavy atom. The molecule has 8 nitrogen and oxygen atoms in total. The number of carbonyl (C=O) groups excluding carboxylic acids is 1. The molecule has 0 unspecified atom stereocenters. The minimum atomic E-state index is -0.784. The van der Waals surface area contributed by atoms with E-state index < -0.39 is 16.3 Å². The summed E-state index contributed by atoms with van der Waals surface area (Å²) >= 11 is 0. The van der Waals surface area contributed by atoms with Crippen molar-refractivity contribution in [3.8, 4) is 5.75 Å². The summed E-state index contributed by atoms with van der Waals surface area (Å²) in [7, 11) is 0. The fraction of sp³-hybridized carbons (Fsp3) is 0.483. The van der Waals surface area contributed by atoms with E-state index in [-0.39, 0.29) is 48.2 Å². The predicted molar refractivity (Wildman–Crippen MR) is 148 cm³/mol. The van der Waals surface area contributed by atoms with Crippen LogP contribution in [0.3, 0.4) is 0 Å². The van der Waals surface area contributed by atoms with Crippen molar-refractivity contribution in [1.29, 1.82) is 0 Å². The van der Waals surface area contributed by atoms with Gasteiger partial charge in [-0.25, -0.2) is 4.39 Å². The van der Waals surface area contributed by atoms with Crippen molar-refractivity contribution >= 4 is 17.7 Å². The van der Waals surface area contributed by atoms with Crippen molar-refractivity contribution < 1.29 is 23.6 Å². The van der Waals surface area contributed by atoms with Crippen LogP contribution in [0.25, 0.3) is 6.08 Å². The number of aryl methyl sites for hydroxylation is 1. The van der Waals surface area contributed by atoms with Gasteiger partial charge in [-0.3, -0.25) is 24.7 Å². The van der Waals surface area contributed by atoms with Crippen LogP contribution in [0.2, 0.25) is 0 Å². The van der Waals surface area contributed by atoms with Crippen LogP contribution < -0.4 is 4.74 Å². The topological polar surface area (TPSA) is 85.2 Å². The largest absolute Gasteiger partial charge is 0.489 e. The third-order valence-electron chi connectivity index (χ3n) is 5.99. The Balaban J connectivity index is 0.000000624. The lowest BCUT2D eigenvalue weighted by atomic mass is 10.1. The molecular weight excluding hydrogens is 489 g/mol. The van der Waals surface area contributed by atoms with Gasteiger partial charge in [0.05, 0.1) is 17.5 Å². The normalized spacial score (nSPS) is 18.2. The third kappa shape index (κ3) is 9.87. The lowest BCUT2D eigenvalue weighted by Crippen LogP contribution is -2.58. The summed E-state index contributed by atoms with van der Waals surface area (Å²) in [5.41, 5.74) is 0.710. The molecule has 1 fully saturated rings. The van der Waals surface area contributed by atoms with Crippen LogP contribution in [0.1, 0.15) is 45.7 Å². The maximum Gasteiger partial charge on any atom is 0.320 e. The smallest absolute Gasteiger partial charge is 0.320 e. The number of esters is 1. The molecule has 0 saturated carbocycles. The van der Waals surface area contributed by atoms with E-state index in [1.54, 1.807) is 0 Å². The molecule has 1 saturated heterocycles. The molecule has 1 heterocycles. The van der Waals surface area contributed by atoms with Gasteiger partial charge in [-0.2, -0.15) is 0 Å². The molecule has 2 aromatic carbocycles. The monoisotopic (exact) mass is 529 g/mol. The Kier molecular flexibility index (Phi) is 11.4. The van der Waals surface area contributed by atoms with Crippen LogP contribution in [-0.4, -0.2) is 71.2 Å². The first kappa shape index (κ1) is 30.9. The number of ether oxygens (including phenoxy) is 2. The number of benzene rings is 2. The summed E-state index contributed by atoms with van der Waals surface area (Å²) in [6.45, 7) is 17.8. The lowest BCUT2D eigenvalue weighted by Gasteiger charge is -2.44. The average Bonchev–Trinajstić information content (AvgIpc) is 2.82. The Morgan fingerprint density at radius 1 is 1.18 bits per heavy atom. The summed E-state index contributed by atoms with van der Waals surface area (Å²) in [4.78, 5) is 26.8. The second kappa shape index (κ2) is 14.0. The quantitative estimate of drug-likeness (QED) is 0.254. The molecule has 0 spiro atoms. The maximum absolute atomic E-state index is 14.3. The van der Waals surface area contributed by atoms with Gasteiger partial charge in [-0.1, -0.05) is 48.6 Å². The van der Waals surface area contributed by atoms with Crippen LogP contribution in [0, 0.1) is 22.9 Å². The minimum absolute atomic E-state index is 0.0368. The van der Waals surface area contributed by atoms with E-state index in [4.69, 9.17) is 9.47 Å². The molecular formula is C29H40FN3O5. The number of non-ortho nitro benzene ring substituents is 1. The van der Waals surface area contributed by atoms with Gasteiger partial charge in [-0.05, 0) is 41.5 Å². The van der Waals surface area contributed by atoms with E-state index in [1.165, 1.54) is 17.7 Å². The first-order valence-corrected chi connectivity index (χ1v) is 12.8. The first-order valence-electron chi connectivity index (χ1n) is 12.8. The maximum atomic E-state index is 14.3. The molecule has 0 bridgehead atoms. The molecule has 0 N–H and O–H groups in total. The van der Waals surface area contributed by atoms with E-state index >= 15 is 0 Å². The van der Waals surface area contributed by atoms with E-state index in [9.17, 15) is 19.3 Å². The molecule has 2 atom stereocenters. The highest BCUT2D eigenvalue weighted by Crippen LogP contribution is 2.29. The Hall–Kier alpha value is -3.30. The van der Waals surface area contributed by atoms with E-state index in [0.717, 1.165) is 19.2 Å². The number of hydrogen-bond donors (Lipinski definition) is 0. The highest BCUT2D eigenvalue weighted by atomic mass is 19.1. The SMILES string of the molecule is C=Cc1cc([N+](=O)[O-])cc(F)c1OCCN1C[C@@H](C)N(CC(=O)OC(C)(C)C)[C@@H](C)C1.Cc1ccccc1. The van der Waals surface area contributed by atoms with Gasteiger partial charge in [0.25, 0.3) is 5.69 Å². The molecule has 0 aliphatic carbocycles. The molecule has 1 aliphatic rings. The van der Waals surface area contributed by atoms with Gasteiger partial charge >= 0.3 is 5.97 Å². The van der Waals surface area contributed by atoms with Gasteiger partial charge in [-0.15, -0.1) is 0 Å². The number of carbonyl (C=O) groups is 1. The number of nitrogens with zero attached hydrogens (tertiary/aromatic N) is 3. The summed E-state index contributed by atoms with van der Waals surface area (Å²) in [6.07, 6.45) is 1.34. The predicted octanol–water partition coefficient (Wildman–Crippen LogP) is 5.49. The zero-order valence-electron chi connectivity index (χ0n) is 23.3. The van der Waals surface area contributed by atoms with E-state index in [1.807, 2.05) is 39.0 Å². The van der Waals surface area contributed by atoms with Crippen LogP contribution in [0.15, 0.2) is 49.0 Å². The van der Waals surface area contributed by atoms with Gasteiger partial charge in [0, 0.05) is 43.3 Å². The van der Waals surface area contributed by atoms with Crippen molar-refractivity contribution in [2.75, 3.05) is 32.8 Å². The molecule has 2 aromatic rings. The summed E-state index contributed by atoms with van der Waals surface area (Å²) in [6, 6.07) is 12.6. The Bertz CT molecular complexity index is 1080. The molecule has 0 radical (unpaired) electrons. The average molecular weight is 530 g/mol. The van der Waals surface area contributed by atoms with Gasteiger partial charge in [0.1, 0.15) is 12.2 Å². The zero-order valence-corrected chi connectivity index (χ0v) is 23.3. The van der Waals surface area contributed by atoms with Gasteiger partial charge in [0.15, 0.2) is 11.6 Å². The second-order valence-electron chi connectivity index (χ2n) is 10.5. The minimum Gasteiger partial charge on any atom is -0.489 e. The number of hydrogen-bond acceptors (Lipinski definition) is 7. The number of piperazine rings is 1. The molecule has 9 heteroatoms. The molecule has 3 rings (SSSR count). The second-order valence-corrected chi connectivity index (χ2v) is 10.5. The molecule has 1 aliphatic heterocycles. The van der Waals surface area contributed by atoms with Crippen molar-refractivity contribution in [1.82, 2.24) is 9.80 Å². The summed E-state index contributed by atoms with van der Waals surface area (Å²) in [5, 5.41) is 10.9. The van der Waals surface area contributed by atoms with Crippen molar-refractivity contribution in [2.24, 2.45) is 0 Å². The fourth-order valence-electron chi connectivity index (χ4n) is 4.30. The van der Waals surface area contributed by atoms with Gasteiger partial charge in [0.2, 0.25) is 0 Å². The number of nitro benzene ring substituents is 1. The van der Waals surface area contributed by atoms with Crippen LogP contribution >= 0.6 is 0 Å². The standard InChI is InChI=1S/C22H32FN3O5.C7H8/c1-7-17-10-18(26(28)29)11-19(23)21(17)30-9-8-24-12-15(2)25(16(3)13-24)14-20(27)31-22(4,5)6;1-7-5-3-2-4-6-7/h7,10-11,15-16H,1,8-9,12-14H2,2-6H3;2-6H,1H3/t15-,16+;. The zero-order chi connectivity index (χ0) is 28.5. The van der Waals surface area contributed by atoms with Crippen LogP contribution in [0.4, 0.5) is 10.1 Å². The lowest BCUT2D eigenvalue weighted by molar-refractivity contribution is -0.385.